The molecule has 0 radical (unpaired) electrons. The third-order valence-corrected chi connectivity index (χ3v) is 4.78. The molecule has 1 atom stereocenters. The van der Waals surface area contributed by atoms with E-state index in [0.717, 1.165) is 0 Å². The molecular weight excluding hydrogens is 357 g/mol. The zero-order valence-electron chi connectivity index (χ0n) is 12.5. The molecule has 3 nitrogen and oxygen atoms in total. The predicted octanol–water partition coefficient (Wildman–Crippen LogP) is 4.48. The van der Waals surface area contributed by atoms with Gasteiger partial charge in [-0.25, -0.2) is 8.78 Å². The molecule has 0 saturated carbocycles. The van der Waals surface area contributed by atoms with Crippen molar-refractivity contribution in [3.63, 3.8) is 0 Å². The summed E-state index contributed by atoms with van der Waals surface area (Å²) in [6.07, 6.45) is 0.628. The summed E-state index contributed by atoms with van der Waals surface area (Å²) in [6, 6.07) is 8.10. The fraction of sp³-hybridized carbons (Fsp3) is 0.235. The van der Waals surface area contributed by atoms with Gasteiger partial charge in [-0.15, -0.1) is 0 Å². The molecule has 2 aromatic carbocycles. The summed E-state index contributed by atoms with van der Waals surface area (Å²) in [5, 5.41) is 3.48. The summed E-state index contributed by atoms with van der Waals surface area (Å²) >= 11 is 11.8. The van der Waals surface area contributed by atoms with Crippen LogP contribution < -0.4 is 5.32 Å². The van der Waals surface area contributed by atoms with Crippen molar-refractivity contribution in [3.05, 3.63) is 63.6 Å². The van der Waals surface area contributed by atoms with Crippen molar-refractivity contribution in [2.45, 2.75) is 19.0 Å². The fourth-order valence-corrected chi connectivity index (χ4v) is 2.91. The Labute approximate surface area is 148 Å². The minimum absolute atomic E-state index is 0.0236. The first-order chi connectivity index (χ1) is 11.5. The third kappa shape index (κ3) is 3.53. The van der Waals surface area contributed by atoms with Gasteiger partial charge in [0.15, 0.2) is 0 Å². The molecule has 24 heavy (non-hydrogen) atoms. The summed E-state index contributed by atoms with van der Waals surface area (Å²) in [6.45, 7) is 0.658. The van der Waals surface area contributed by atoms with Crippen LogP contribution in [0.15, 0.2) is 36.4 Å². The Kier molecular flexibility index (Phi) is 5.04. The lowest BCUT2D eigenvalue weighted by Gasteiger charge is -2.39. The second-order valence-corrected chi connectivity index (χ2v) is 6.41. The standard InChI is InChI=1S/C17H14Cl2F2N2O/c18-12-5-4-10(8-13(12)19)22-17(24)16-6-7-23(16)9-11-14(20)2-1-3-15(11)21/h1-5,8,16H,6-7,9H2,(H,22,24)/t16-/m0/s1. The number of amides is 1. The second-order valence-electron chi connectivity index (χ2n) is 5.59. The Bertz CT molecular complexity index is 765. The van der Waals surface area contributed by atoms with Crippen LogP contribution in [0.3, 0.4) is 0 Å². The molecule has 0 bridgehead atoms. The number of halogens is 4. The van der Waals surface area contributed by atoms with Gasteiger partial charge in [0.1, 0.15) is 11.6 Å². The third-order valence-electron chi connectivity index (χ3n) is 4.04. The monoisotopic (exact) mass is 370 g/mol. The first-order valence-electron chi connectivity index (χ1n) is 7.38. The molecule has 2 aromatic rings. The zero-order valence-corrected chi connectivity index (χ0v) is 14.0. The number of carbonyl (C=O) groups is 1. The van der Waals surface area contributed by atoms with E-state index in [1.807, 2.05) is 0 Å². The van der Waals surface area contributed by atoms with Crippen molar-refractivity contribution in [3.8, 4) is 0 Å². The number of nitrogens with zero attached hydrogens (tertiary/aromatic N) is 1. The van der Waals surface area contributed by atoms with Crippen LogP contribution in [0.2, 0.25) is 10.0 Å². The highest BCUT2D eigenvalue weighted by Gasteiger charge is 2.35. The van der Waals surface area contributed by atoms with Gasteiger partial charge in [0.2, 0.25) is 5.91 Å². The summed E-state index contributed by atoms with van der Waals surface area (Å²) in [4.78, 5) is 14.1. The lowest BCUT2D eigenvalue weighted by Crippen LogP contribution is -2.53. The number of benzene rings is 2. The van der Waals surface area contributed by atoms with Crippen LogP contribution in [-0.4, -0.2) is 23.4 Å². The number of nitrogens with one attached hydrogen (secondary N) is 1. The Morgan fingerprint density at radius 3 is 2.46 bits per heavy atom. The quantitative estimate of drug-likeness (QED) is 0.859. The van der Waals surface area contributed by atoms with Crippen molar-refractivity contribution in [1.82, 2.24) is 4.90 Å². The zero-order chi connectivity index (χ0) is 17.3. The molecule has 3 rings (SSSR count). The molecule has 1 heterocycles. The largest absolute Gasteiger partial charge is 0.325 e. The van der Waals surface area contributed by atoms with Crippen molar-refractivity contribution in [1.29, 1.82) is 0 Å². The smallest absolute Gasteiger partial charge is 0.241 e. The van der Waals surface area contributed by atoms with E-state index in [4.69, 9.17) is 23.2 Å². The number of rotatable bonds is 4. The maximum atomic E-state index is 13.7. The van der Waals surface area contributed by atoms with E-state index < -0.39 is 17.7 Å². The van der Waals surface area contributed by atoms with Gasteiger partial charge in [0, 0.05) is 24.3 Å². The minimum Gasteiger partial charge on any atom is -0.325 e. The second kappa shape index (κ2) is 7.05. The van der Waals surface area contributed by atoms with Gasteiger partial charge in [-0.05, 0) is 36.8 Å². The molecule has 0 spiro atoms. The molecule has 1 N–H and O–H groups in total. The van der Waals surface area contributed by atoms with Gasteiger partial charge < -0.3 is 5.32 Å². The molecule has 1 saturated heterocycles. The Hall–Kier alpha value is -1.69. The summed E-state index contributed by atoms with van der Waals surface area (Å²) in [5.41, 5.74) is 0.503. The lowest BCUT2D eigenvalue weighted by atomic mass is 10.0. The molecule has 0 aromatic heterocycles. The van der Waals surface area contributed by atoms with Crippen molar-refractivity contribution < 1.29 is 13.6 Å². The van der Waals surface area contributed by atoms with Crippen LogP contribution in [0.1, 0.15) is 12.0 Å². The Balaban J connectivity index is 1.67. The van der Waals surface area contributed by atoms with Crippen LogP contribution in [0.25, 0.3) is 0 Å². The molecule has 1 amide bonds. The molecule has 7 heteroatoms. The van der Waals surface area contributed by atoms with Crippen LogP contribution in [0.4, 0.5) is 14.5 Å². The maximum absolute atomic E-state index is 13.7. The lowest BCUT2D eigenvalue weighted by molar-refractivity contribution is -0.125. The van der Waals surface area contributed by atoms with Crippen molar-refractivity contribution in [2.24, 2.45) is 0 Å². The van der Waals surface area contributed by atoms with E-state index in [1.54, 1.807) is 23.1 Å². The average Bonchev–Trinajstić information content (AvgIpc) is 2.49. The molecule has 1 aliphatic rings. The van der Waals surface area contributed by atoms with E-state index in [2.05, 4.69) is 5.32 Å². The van der Waals surface area contributed by atoms with E-state index in [0.29, 0.717) is 28.7 Å². The topological polar surface area (TPSA) is 32.3 Å². The van der Waals surface area contributed by atoms with E-state index in [9.17, 15) is 13.6 Å². The van der Waals surface area contributed by atoms with E-state index in [-0.39, 0.29) is 18.0 Å². The molecular formula is C17H14Cl2F2N2O. The summed E-state index contributed by atoms with van der Waals surface area (Å²) < 4.78 is 27.5. The molecule has 126 valence electrons. The van der Waals surface area contributed by atoms with Crippen LogP contribution >= 0.6 is 23.2 Å². The molecule has 1 fully saturated rings. The minimum atomic E-state index is -0.606. The van der Waals surface area contributed by atoms with Gasteiger partial charge in [0.05, 0.1) is 16.1 Å². The van der Waals surface area contributed by atoms with Gasteiger partial charge in [0.25, 0.3) is 0 Å². The Morgan fingerprint density at radius 2 is 1.88 bits per heavy atom. The predicted molar refractivity (Wildman–Crippen MR) is 90.3 cm³/mol. The van der Waals surface area contributed by atoms with E-state index >= 15 is 0 Å². The van der Waals surface area contributed by atoms with Crippen LogP contribution in [0.5, 0.6) is 0 Å². The number of hydrogen-bond donors (Lipinski definition) is 1. The number of carbonyl (C=O) groups excluding carboxylic acids is 1. The number of anilines is 1. The maximum Gasteiger partial charge on any atom is 0.241 e. The fourth-order valence-electron chi connectivity index (χ4n) is 2.61. The average molecular weight is 371 g/mol. The highest BCUT2D eigenvalue weighted by Crippen LogP contribution is 2.27. The van der Waals surface area contributed by atoms with Crippen molar-refractivity contribution >= 4 is 34.8 Å². The van der Waals surface area contributed by atoms with Gasteiger partial charge in [-0.1, -0.05) is 29.3 Å². The molecule has 0 aliphatic carbocycles. The highest BCUT2D eigenvalue weighted by atomic mass is 35.5. The first-order valence-corrected chi connectivity index (χ1v) is 8.14. The van der Waals surface area contributed by atoms with Gasteiger partial charge in [-0.2, -0.15) is 0 Å². The van der Waals surface area contributed by atoms with Gasteiger partial charge >= 0.3 is 0 Å². The van der Waals surface area contributed by atoms with Crippen LogP contribution in [0, 0.1) is 11.6 Å². The summed E-state index contributed by atoms with van der Waals surface area (Å²) in [5.74, 6) is -1.45. The molecule has 0 unspecified atom stereocenters. The Morgan fingerprint density at radius 1 is 1.17 bits per heavy atom. The normalized spacial score (nSPS) is 17.4. The SMILES string of the molecule is O=C(Nc1ccc(Cl)c(Cl)c1)[C@@H]1CCN1Cc1c(F)cccc1F. The number of likely N-dealkylation sites (tertiary alicyclic amines) is 1. The first kappa shape index (κ1) is 17.1. The highest BCUT2D eigenvalue weighted by molar-refractivity contribution is 6.42. The van der Waals surface area contributed by atoms with Gasteiger partial charge in [-0.3, -0.25) is 9.69 Å². The van der Waals surface area contributed by atoms with Crippen LogP contribution in [-0.2, 0) is 11.3 Å². The summed E-state index contributed by atoms with van der Waals surface area (Å²) in [7, 11) is 0. The molecule has 1 aliphatic heterocycles. The number of hydrogen-bond acceptors (Lipinski definition) is 2. The van der Waals surface area contributed by atoms with Crippen molar-refractivity contribution in [2.75, 3.05) is 11.9 Å². The van der Waals surface area contributed by atoms with E-state index in [1.165, 1.54) is 18.2 Å².